The maximum atomic E-state index is 13.2. The van der Waals surface area contributed by atoms with Gasteiger partial charge in [-0.1, -0.05) is 11.6 Å². The molecule has 3 nitrogen and oxygen atoms in total. The lowest BCUT2D eigenvalue weighted by Crippen LogP contribution is -2.15. The minimum Gasteiger partial charge on any atom is -0.464 e. The van der Waals surface area contributed by atoms with E-state index in [1.807, 2.05) is 0 Å². The van der Waals surface area contributed by atoms with Crippen LogP contribution < -0.4 is 0 Å². The van der Waals surface area contributed by atoms with Crippen molar-refractivity contribution in [1.29, 1.82) is 0 Å². The fourth-order valence-corrected chi connectivity index (χ4v) is 1.65. The molecule has 1 aromatic carbocycles. The van der Waals surface area contributed by atoms with Gasteiger partial charge in [0.2, 0.25) is 0 Å². The smallest absolute Gasteiger partial charge is 0.339 e. The third kappa shape index (κ3) is 2.93. The Kier molecular flexibility index (Phi) is 4.70. The number of aliphatic hydroxyl groups is 1. The number of halogens is 3. The van der Waals surface area contributed by atoms with Crippen LogP contribution in [0.1, 0.15) is 18.6 Å². The van der Waals surface area contributed by atoms with Crippen LogP contribution in [0.3, 0.4) is 0 Å². The molecule has 0 amide bonds. The Morgan fingerprint density at radius 2 is 2.31 bits per heavy atom. The highest BCUT2D eigenvalue weighted by atomic mass is 79.9. The predicted octanol–water partition coefficient (Wildman–Crippen LogP) is 2.84. The fraction of sp³-hybridized carbons (Fsp3) is 0.300. The summed E-state index contributed by atoms with van der Waals surface area (Å²) in [5.74, 6) is -1.54. The number of hydrogen-bond acceptors (Lipinski definition) is 3. The Balaban J connectivity index is 3.01. The van der Waals surface area contributed by atoms with Gasteiger partial charge in [-0.3, -0.25) is 0 Å². The third-order valence-electron chi connectivity index (χ3n) is 1.83. The van der Waals surface area contributed by atoms with Crippen molar-refractivity contribution in [2.75, 3.05) is 6.61 Å². The number of carbonyl (C=O) groups is 1. The van der Waals surface area contributed by atoms with Crippen molar-refractivity contribution in [3.8, 4) is 0 Å². The molecule has 6 heteroatoms. The van der Waals surface area contributed by atoms with Gasteiger partial charge in [-0.15, -0.1) is 0 Å². The zero-order valence-corrected chi connectivity index (χ0v) is 10.7. The van der Waals surface area contributed by atoms with Crippen LogP contribution in [0, 0.1) is 5.82 Å². The highest BCUT2D eigenvalue weighted by Gasteiger charge is 2.21. The lowest BCUT2D eigenvalue weighted by Gasteiger charge is -2.11. The van der Waals surface area contributed by atoms with Crippen LogP contribution in [0.4, 0.5) is 4.39 Å². The molecule has 0 aliphatic heterocycles. The van der Waals surface area contributed by atoms with E-state index in [4.69, 9.17) is 11.6 Å². The molecule has 0 aromatic heterocycles. The second kappa shape index (κ2) is 5.61. The number of carbonyl (C=O) groups excluding carboxylic acids is 1. The minimum atomic E-state index is -1.51. The molecule has 0 aliphatic rings. The number of esters is 1. The second-order valence-corrected chi connectivity index (χ2v) is 4.19. The molecule has 0 radical (unpaired) electrons. The fourth-order valence-electron chi connectivity index (χ4n) is 1.09. The van der Waals surface area contributed by atoms with Crippen molar-refractivity contribution in [3.63, 3.8) is 0 Å². The summed E-state index contributed by atoms with van der Waals surface area (Å²) in [6.45, 7) is 1.76. The predicted molar refractivity (Wildman–Crippen MR) is 60.7 cm³/mol. The van der Waals surface area contributed by atoms with Crippen LogP contribution in [0.25, 0.3) is 0 Å². The van der Waals surface area contributed by atoms with Gasteiger partial charge in [0.15, 0.2) is 6.10 Å². The molecule has 0 aliphatic carbocycles. The molecular formula is C10H9BrClFO3. The Morgan fingerprint density at radius 1 is 1.69 bits per heavy atom. The van der Waals surface area contributed by atoms with E-state index < -0.39 is 17.9 Å². The summed E-state index contributed by atoms with van der Waals surface area (Å²) in [4.78, 5) is 11.2. The van der Waals surface area contributed by atoms with Gasteiger partial charge >= 0.3 is 5.97 Å². The van der Waals surface area contributed by atoms with Crippen molar-refractivity contribution in [2.24, 2.45) is 0 Å². The molecular weight excluding hydrogens is 302 g/mol. The molecule has 1 N–H and O–H groups in total. The maximum absolute atomic E-state index is 13.2. The molecule has 88 valence electrons. The number of rotatable bonds is 3. The Hall–Kier alpha value is -0.650. The normalized spacial score (nSPS) is 12.3. The van der Waals surface area contributed by atoms with Gasteiger partial charge in [0.25, 0.3) is 0 Å². The average Bonchev–Trinajstić information content (AvgIpc) is 2.24. The van der Waals surface area contributed by atoms with Crippen LogP contribution in [-0.2, 0) is 9.53 Å². The first-order chi connectivity index (χ1) is 7.47. The monoisotopic (exact) mass is 310 g/mol. The molecule has 0 heterocycles. The number of hydrogen-bond donors (Lipinski definition) is 1. The van der Waals surface area contributed by atoms with E-state index in [0.29, 0.717) is 0 Å². The highest BCUT2D eigenvalue weighted by molar-refractivity contribution is 9.10. The molecule has 0 spiro atoms. The Bertz CT molecular complexity index is 388. The summed E-state index contributed by atoms with van der Waals surface area (Å²) in [5.41, 5.74) is 0.0900. The Labute approximate surface area is 105 Å². The molecule has 16 heavy (non-hydrogen) atoms. The van der Waals surface area contributed by atoms with Crippen molar-refractivity contribution >= 4 is 33.5 Å². The van der Waals surface area contributed by atoms with E-state index in [9.17, 15) is 14.3 Å². The molecule has 0 saturated heterocycles. The summed E-state index contributed by atoms with van der Waals surface area (Å²) in [6.07, 6.45) is -1.51. The maximum Gasteiger partial charge on any atom is 0.339 e. The lowest BCUT2D eigenvalue weighted by molar-refractivity contribution is -0.153. The lowest BCUT2D eigenvalue weighted by atomic mass is 10.1. The SMILES string of the molecule is CCOC(=O)C(O)c1cc(F)c(Cl)c(Br)c1. The number of benzene rings is 1. The van der Waals surface area contributed by atoms with E-state index in [0.717, 1.165) is 6.07 Å². The number of aliphatic hydroxyl groups excluding tert-OH is 1. The quantitative estimate of drug-likeness (QED) is 0.690. The van der Waals surface area contributed by atoms with Gasteiger partial charge in [-0.25, -0.2) is 9.18 Å². The van der Waals surface area contributed by atoms with Crippen LogP contribution >= 0.6 is 27.5 Å². The van der Waals surface area contributed by atoms with Gasteiger partial charge in [0.1, 0.15) is 5.82 Å². The zero-order valence-electron chi connectivity index (χ0n) is 8.34. The van der Waals surface area contributed by atoms with Crippen molar-refractivity contribution in [3.05, 3.63) is 33.0 Å². The van der Waals surface area contributed by atoms with Crippen LogP contribution in [0.2, 0.25) is 5.02 Å². The minimum absolute atomic E-state index is 0.0900. The Morgan fingerprint density at radius 3 is 2.81 bits per heavy atom. The second-order valence-electron chi connectivity index (χ2n) is 2.95. The van der Waals surface area contributed by atoms with E-state index in [2.05, 4.69) is 20.7 Å². The van der Waals surface area contributed by atoms with Gasteiger partial charge in [-0.05, 0) is 40.5 Å². The first-order valence-electron chi connectivity index (χ1n) is 4.46. The van der Waals surface area contributed by atoms with Gasteiger partial charge in [-0.2, -0.15) is 0 Å². The summed E-state index contributed by atoms with van der Waals surface area (Å²) < 4.78 is 18.1. The number of ether oxygens (including phenoxy) is 1. The molecule has 0 fully saturated rings. The van der Waals surface area contributed by atoms with Crippen LogP contribution in [-0.4, -0.2) is 17.7 Å². The van der Waals surface area contributed by atoms with Crippen molar-refractivity contribution in [2.45, 2.75) is 13.0 Å². The van der Waals surface area contributed by atoms with Crippen molar-refractivity contribution < 1.29 is 19.0 Å². The van der Waals surface area contributed by atoms with Gasteiger partial charge < -0.3 is 9.84 Å². The zero-order chi connectivity index (χ0) is 12.3. The first-order valence-corrected chi connectivity index (χ1v) is 5.63. The van der Waals surface area contributed by atoms with E-state index in [1.54, 1.807) is 6.92 Å². The topological polar surface area (TPSA) is 46.5 Å². The molecule has 0 saturated carbocycles. The van der Waals surface area contributed by atoms with Crippen LogP contribution in [0.15, 0.2) is 16.6 Å². The van der Waals surface area contributed by atoms with E-state index in [-0.39, 0.29) is 21.7 Å². The molecule has 1 rings (SSSR count). The molecule has 1 aromatic rings. The van der Waals surface area contributed by atoms with E-state index in [1.165, 1.54) is 6.07 Å². The summed E-state index contributed by atoms with van der Waals surface area (Å²) >= 11 is 8.59. The van der Waals surface area contributed by atoms with Gasteiger partial charge in [0, 0.05) is 4.47 Å². The molecule has 0 bridgehead atoms. The average molecular weight is 312 g/mol. The van der Waals surface area contributed by atoms with Crippen molar-refractivity contribution in [1.82, 2.24) is 0 Å². The molecule has 1 atom stereocenters. The summed E-state index contributed by atoms with van der Waals surface area (Å²) in [5, 5.41) is 9.46. The summed E-state index contributed by atoms with van der Waals surface area (Å²) in [7, 11) is 0. The third-order valence-corrected chi connectivity index (χ3v) is 3.07. The standard InChI is InChI=1S/C10H9BrClFO3/c1-2-16-10(15)9(14)5-3-6(11)8(12)7(13)4-5/h3-4,9,14H,2H2,1H3. The molecule has 1 unspecified atom stereocenters. The largest absolute Gasteiger partial charge is 0.464 e. The van der Waals surface area contributed by atoms with Crippen LogP contribution in [0.5, 0.6) is 0 Å². The first kappa shape index (κ1) is 13.4. The van der Waals surface area contributed by atoms with E-state index >= 15 is 0 Å². The highest BCUT2D eigenvalue weighted by Crippen LogP contribution is 2.29. The van der Waals surface area contributed by atoms with Gasteiger partial charge in [0.05, 0.1) is 11.6 Å². The summed E-state index contributed by atoms with van der Waals surface area (Å²) in [6, 6.07) is 2.36.